The molecule has 0 aliphatic carbocycles. The Balaban J connectivity index is 1.43. The second-order valence-corrected chi connectivity index (χ2v) is 8.79. The highest BCUT2D eigenvalue weighted by molar-refractivity contribution is 7.99. The zero-order valence-electron chi connectivity index (χ0n) is 16.0. The van der Waals surface area contributed by atoms with Crippen LogP contribution in [-0.2, 0) is 6.42 Å². The smallest absolute Gasteiger partial charge is 0.272 e. The van der Waals surface area contributed by atoms with E-state index in [0.29, 0.717) is 12.1 Å². The van der Waals surface area contributed by atoms with Crippen LogP contribution in [0.1, 0.15) is 5.69 Å². The van der Waals surface area contributed by atoms with Gasteiger partial charge in [0.1, 0.15) is 0 Å². The van der Waals surface area contributed by atoms with Crippen LogP contribution in [0.5, 0.6) is 0 Å². The molecular weight excluding hydrogens is 412 g/mol. The van der Waals surface area contributed by atoms with E-state index in [-0.39, 0.29) is 5.56 Å². The third kappa shape index (κ3) is 3.81. The first-order chi connectivity index (χ1) is 14.8. The Hall–Kier alpha value is -3.16. The van der Waals surface area contributed by atoms with E-state index in [0.717, 1.165) is 26.9 Å². The van der Waals surface area contributed by atoms with Crippen LogP contribution in [0, 0.1) is 0 Å². The van der Waals surface area contributed by atoms with Gasteiger partial charge in [0.05, 0.1) is 10.6 Å². The lowest BCUT2D eigenvalue weighted by Crippen LogP contribution is -2.15. The van der Waals surface area contributed by atoms with Gasteiger partial charge in [-0.3, -0.25) is 9.89 Å². The number of nitrogens with zero attached hydrogens (tertiary/aromatic N) is 3. The van der Waals surface area contributed by atoms with Crippen molar-refractivity contribution in [3.05, 3.63) is 94.5 Å². The molecule has 5 nitrogen and oxygen atoms in total. The molecule has 1 N–H and O–H groups in total. The van der Waals surface area contributed by atoms with Gasteiger partial charge in [-0.15, -0.1) is 23.1 Å². The van der Waals surface area contributed by atoms with Gasteiger partial charge in [-0.25, -0.2) is 14.5 Å². The van der Waals surface area contributed by atoms with Gasteiger partial charge in [0.2, 0.25) is 0 Å². The summed E-state index contributed by atoms with van der Waals surface area (Å²) in [5.74, 6) is 0.816. The van der Waals surface area contributed by atoms with Crippen molar-refractivity contribution >= 4 is 28.7 Å². The largest absolute Gasteiger partial charge is 0.296 e. The van der Waals surface area contributed by atoms with Crippen molar-refractivity contribution < 1.29 is 0 Å². The summed E-state index contributed by atoms with van der Waals surface area (Å²) < 4.78 is 1.51. The lowest BCUT2D eigenvalue weighted by atomic mass is 10.1. The molecule has 30 heavy (non-hydrogen) atoms. The first-order valence-corrected chi connectivity index (χ1v) is 11.4. The fourth-order valence-corrected chi connectivity index (χ4v) is 5.05. The SMILES string of the molecule is O=c1cc(CCSc2ccccn2)nc2c(-c3cc(-c4ccccc4)cs3)c[nH]n12. The van der Waals surface area contributed by atoms with Crippen LogP contribution in [0.4, 0.5) is 0 Å². The molecule has 4 heterocycles. The molecule has 148 valence electrons. The Morgan fingerprint density at radius 1 is 1.03 bits per heavy atom. The van der Waals surface area contributed by atoms with Gasteiger partial charge in [-0.1, -0.05) is 36.4 Å². The highest BCUT2D eigenvalue weighted by atomic mass is 32.2. The monoisotopic (exact) mass is 430 g/mol. The van der Waals surface area contributed by atoms with Crippen LogP contribution in [0.3, 0.4) is 0 Å². The molecule has 0 amide bonds. The maximum Gasteiger partial charge on any atom is 0.272 e. The van der Waals surface area contributed by atoms with Crippen molar-refractivity contribution in [1.29, 1.82) is 0 Å². The van der Waals surface area contributed by atoms with Gasteiger partial charge in [0, 0.05) is 34.8 Å². The number of thiophene rings is 1. The van der Waals surface area contributed by atoms with Gasteiger partial charge in [-0.2, -0.15) is 0 Å². The van der Waals surface area contributed by atoms with E-state index >= 15 is 0 Å². The Labute approximate surface area is 181 Å². The van der Waals surface area contributed by atoms with Crippen molar-refractivity contribution in [3.8, 4) is 21.6 Å². The molecule has 0 saturated heterocycles. The Kier molecular flexibility index (Phi) is 5.21. The second kappa shape index (κ2) is 8.30. The van der Waals surface area contributed by atoms with E-state index in [2.05, 4.69) is 33.7 Å². The fourth-order valence-electron chi connectivity index (χ4n) is 3.29. The molecule has 5 aromatic rings. The number of aromatic nitrogens is 4. The van der Waals surface area contributed by atoms with E-state index in [9.17, 15) is 4.79 Å². The number of nitrogens with one attached hydrogen (secondary N) is 1. The molecule has 1 aromatic carbocycles. The summed E-state index contributed by atoms with van der Waals surface area (Å²) in [5, 5.41) is 6.16. The van der Waals surface area contributed by atoms with E-state index in [1.54, 1.807) is 35.4 Å². The number of thioether (sulfide) groups is 1. The molecule has 0 fully saturated rings. The maximum atomic E-state index is 12.6. The molecule has 0 atom stereocenters. The normalized spacial score (nSPS) is 11.2. The number of H-pyrrole nitrogens is 1. The third-order valence-electron chi connectivity index (χ3n) is 4.77. The quantitative estimate of drug-likeness (QED) is 0.379. The molecule has 4 aromatic heterocycles. The summed E-state index contributed by atoms with van der Waals surface area (Å²) >= 11 is 3.32. The van der Waals surface area contributed by atoms with Gasteiger partial charge in [0.25, 0.3) is 5.56 Å². The fraction of sp³-hybridized carbons (Fsp3) is 0.0870. The Morgan fingerprint density at radius 2 is 1.90 bits per heavy atom. The Bertz CT molecular complexity index is 1340. The third-order valence-corrected chi connectivity index (χ3v) is 6.68. The summed E-state index contributed by atoms with van der Waals surface area (Å²) in [5.41, 5.74) is 4.66. The van der Waals surface area contributed by atoms with E-state index in [4.69, 9.17) is 4.98 Å². The van der Waals surface area contributed by atoms with Crippen LogP contribution in [0.25, 0.3) is 27.2 Å². The van der Waals surface area contributed by atoms with E-state index < -0.39 is 0 Å². The second-order valence-electron chi connectivity index (χ2n) is 6.76. The molecule has 5 rings (SSSR count). The van der Waals surface area contributed by atoms with Crippen molar-refractivity contribution in [1.82, 2.24) is 19.6 Å². The molecule has 0 bridgehead atoms. The number of fused-ring (bicyclic) bond motifs is 1. The van der Waals surface area contributed by atoms with Gasteiger partial charge < -0.3 is 0 Å². The highest BCUT2D eigenvalue weighted by Crippen LogP contribution is 2.34. The maximum absolute atomic E-state index is 12.6. The minimum atomic E-state index is -0.0936. The average Bonchev–Trinajstić information content (AvgIpc) is 3.43. The number of pyridine rings is 1. The lowest BCUT2D eigenvalue weighted by molar-refractivity contribution is 0.877. The lowest BCUT2D eigenvalue weighted by Gasteiger charge is -2.02. The van der Waals surface area contributed by atoms with E-state index in [1.807, 2.05) is 42.6 Å². The molecule has 0 aliphatic rings. The van der Waals surface area contributed by atoms with Crippen molar-refractivity contribution in [3.63, 3.8) is 0 Å². The summed E-state index contributed by atoms with van der Waals surface area (Å²) in [4.78, 5) is 22.8. The molecule has 0 aliphatic heterocycles. The number of hydrogen-bond donors (Lipinski definition) is 1. The molecule has 0 radical (unpaired) electrons. The van der Waals surface area contributed by atoms with Crippen LogP contribution in [-0.4, -0.2) is 25.3 Å². The molecule has 0 spiro atoms. The first-order valence-electron chi connectivity index (χ1n) is 9.56. The molecule has 0 saturated carbocycles. The summed E-state index contributed by atoms with van der Waals surface area (Å²) in [6.45, 7) is 0. The van der Waals surface area contributed by atoms with Crippen LogP contribution in [0.15, 0.2) is 88.3 Å². The average molecular weight is 431 g/mol. The molecular formula is C23H18N4OS2. The number of aromatic amines is 1. The van der Waals surface area contributed by atoms with Gasteiger partial charge in [-0.05, 0) is 41.1 Å². The summed E-state index contributed by atoms with van der Waals surface area (Å²) in [7, 11) is 0. The minimum absolute atomic E-state index is 0.0936. The zero-order chi connectivity index (χ0) is 20.3. The number of rotatable bonds is 6. The Morgan fingerprint density at radius 3 is 2.73 bits per heavy atom. The minimum Gasteiger partial charge on any atom is -0.296 e. The molecule has 7 heteroatoms. The number of hydrogen-bond acceptors (Lipinski definition) is 5. The zero-order valence-corrected chi connectivity index (χ0v) is 17.6. The van der Waals surface area contributed by atoms with Crippen LogP contribution >= 0.6 is 23.1 Å². The number of aryl methyl sites for hydroxylation is 1. The van der Waals surface area contributed by atoms with Crippen molar-refractivity contribution in [2.45, 2.75) is 11.4 Å². The van der Waals surface area contributed by atoms with E-state index in [1.165, 1.54) is 15.6 Å². The topological polar surface area (TPSA) is 63.0 Å². The van der Waals surface area contributed by atoms with Crippen molar-refractivity contribution in [2.75, 3.05) is 5.75 Å². The van der Waals surface area contributed by atoms with Crippen LogP contribution < -0.4 is 5.56 Å². The van der Waals surface area contributed by atoms with Gasteiger partial charge in [0.15, 0.2) is 5.65 Å². The molecule has 0 unspecified atom stereocenters. The van der Waals surface area contributed by atoms with Crippen molar-refractivity contribution in [2.24, 2.45) is 0 Å². The standard InChI is InChI=1S/C23H18N4OS2/c28-22-13-18(9-11-29-21-8-4-5-10-24-21)26-23-19(14-25-27(22)23)20-12-17(15-30-20)16-6-2-1-3-7-16/h1-8,10,12-15,25H,9,11H2. The summed E-state index contributed by atoms with van der Waals surface area (Å²) in [6.07, 6.45) is 4.35. The predicted molar refractivity (Wildman–Crippen MR) is 123 cm³/mol. The van der Waals surface area contributed by atoms with Gasteiger partial charge >= 0.3 is 0 Å². The first kappa shape index (κ1) is 18.8. The predicted octanol–water partition coefficient (Wildman–Crippen LogP) is 5.15. The number of benzene rings is 1. The summed E-state index contributed by atoms with van der Waals surface area (Å²) in [6, 6.07) is 19.9. The highest BCUT2D eigenvalue weighted by Gasteiger charge is 2.13. The van der Waals surface area contributed by atoms with Crippen LogP contribution in [0.2, 0.25) is 0 Å².